The van der Waals surface area contributed by atoms with Crippen LogP contribution in [0.3, 0.4) is 0 Å². The number of benzene rings is 1. The summed E-state index contributed by atoms with van der Waals surface area (Å²) in [5.74, 6) is -1.06. The molecule has 0 saturated carbocycles. The number of aromatic nitrogens is 2. The number of hydrogen-bond donors (Lipinski definition) is 1. The smallest absolute Gasteiger partial charge is 0.335 e. The van der Waals surface area contributed by atoms with Crippen molar-refractivity contribution in [3.05, 3.63) is 42.1 Å². The molecule has 1 aromatic heterocycles. The molecular formula is C15H19N3O4S. The molecule has 1 aromatic carbocycles. The van der Waals surface area contributed by atoms with Gasteiger partial charge in [0.25, 0.3) is 10.0 Å². The van der Waals surface area contributed by atoms with Crippen LogP contribution in [0.1, 0.15) is 37.2 Å². The fourth-order valence-corrected chi connectivity index (χ4v) is 3.96. The molecule has 1 N–H and O–H groups in total. The largest absolute Gasteiger partial charge is 0.478 e. The first-order valence-corrected chi connectivity index (χ1v) is 8.62. The van der Waals surface area contributed by atoms with Crippen LogP contribution in [0.5, 0.6) is 0 Å². The summed E-state index contributed by atoms with van der Waals surface area (Å²) in [7, 11) is -3.78. The third-order valence-corrected chi connectivity index (χ3v) is 5.27. The average Bonchev–Trinajstić information content (AvgIpc) is 2.98. The normalized spacial score (nSPS) is 11.7. The molecule has 0 bridgehead atoms. The second-order valence-electron chi connectivity index (χ2n) is 5.23. The fraction of sp³-hybridized carbons (Fsp3) is 0.333. The number of nitrogens with zero attached hydrogens (tertiary/aromatic N) is 3. The number of sulfonamides is 1. The van der Waals surface area contributed by atoms with Gasteiger partial charge >= 0.3 is 5.97 Å². The molecule has 0 amide bonds. The van der Waals surface area contributed by atoms with E-state index in [4.69, 9.17) is 5.11 Å². The van der Waals surface area contributed by atoms with E-state index in [2.05, 4.69) is 5.10 Å². The van der Waals surface area contributed by atoms with Crippen molar-refractivity contribution in [1.82, 2.24) is 9.78 Å². The van der Waals surface area contributed by atoms with Crippen LogP contribution in [0.2, 0.25) is 0 Å². The van der Waals surface area contributed by atoms with Crippen LogP contribution in [-0.2, 0) is 10.0 Å². The summed E-state index contributed by atoms with van der Waals surface area (Å²) in [5, 5.41) is 13.1. The third-order valence-electron chi connectivity index (χ3n) is 3.37. The maximum absolute atomic E-state index is 12.9. The number of rotatable bonds is 6. The first-order chi connectivity index (χ1) is 10.8. The molecule has 23 heavy (non-hydrogen) atoms. The number of carboxylic acids is 1. The molecular weight excluding hydrogens is 318 g/mol. The maximum Gasteiger partial charge on any atom is 0.335 e. The van der Waals surface area contributed by atoms with Crippen molar-refractivity contribution in [2.45, 2.75) is 31.8 Å². The van der Waals surface area contributed by atoms with E-state index in [1.54, 1.807) is 6.92 Å². The van der Waals surface area contributed by atoms with Gasteiger partial charge in [0, 0.05) is 12.6 Å². The van der Waals surface area contributed by atoms with E-state index < -0.39 is 16.0 Å². The zero-order valence-corrected chi connectivity index (χ0v) is 14.0. The second-order valence-corrected chi connectivity index (χ2v) is 7.04. The van der Waals surface area contributed by atoms with Crippen LogP contribution >= 0.6 is 0 Å². The molecule has 0 aliphatic rings. The Morgan fingerprint density at radius 2 is 1.87 bits per heavy atom. The Kier molecular flexibility index (Phi) is 4.74. The molecule has 124 valence electrons. The quantitative estimate of drug-likeness (QED) is 0.873. The highest BCUT2D eigenvalue weighted by Crippen LogP contribution is 2.25. The van der Waals surface area contributed by atoms with Gasteiger partial charge in [-0.2, -0.15) is 13.5 Å². The van der Waals surface area contributed by atoms with Gasteiger partial charge in [0.2, 0.25) is 0 Å². The first-order valence-electron chi connectivity index (χ1n) is 7.18. The molecule has 7 nitrogen and oxygen atoms in total. The zero-order valence-electron chi connectivity index (χ0n) is 13.2. The average molecular weight is 337 g/mol. The topological polar surface area (TPSA) is 92.5 Å². The Labute approximate surface area is 135 Å². The standard InChI is InChI=1S/C15H19N3O4S/c1-4-17(13-7-5-12(6-8-13)15(19)20)23(21,22)14-9-10-16-18(14)11(2)3/h5-11H,4H2,1-3H3,(H,19,20). The monoisotopic (exact) mass is 337 g/mol. The summed E-state index contributed by atoms with van der Waals surface area (Å²) >= 11 is 0. The van der Waals surface area contributed by atoms with E-state index in [0.717, 1.165) is 0 Å². The van der Waals surface area contributed by atoms with Crippen LogP contribution in [0, 0.1) is 0 Å². The van der Waals surface area contributed by atoms with E-state index >= 15 is 0 Å². The second kappa shape index (κ2) is 6.41. The van der Waals surface area contributed by atoms with Crippen LogP contribution in [0.15, 0.2) is 41.6 Å². The van der Waals surface area contributed by atoms with E-state index in [-0.39, 0.29) is 23.2 Å². The predicted octanol–water partition coefficient (Wildman–Crippen LogP) is 2.38. The summed E-state index contributed by atoms with van der Waals surface area (Å²) in [4.78, 5) is 10.9. The van der Waals surface area contributed by atoms with Crippen LogP contribution in [0.25, 0.3) is 0 Å². The lowest BCUT2D eigenvalue weighted by molar-refractivity contribution is 0.0697. The Hall–Kier alpha value is -2.35. The molecule has 1 heterocycles. The van der Waals surface area contributed by atoms with Crippen LogP contribution < -0.4 is 4.31 Å². The summed E-state index contributed by atoms with van der Waals surface area (Å²) in [5.41, 5.74) is 0.517. The molecule has 0 aliphatic heterocycles. The Morgan fingerprint density at radius 3 is 2.35 bits per heavy atom. The summed E-state index contributed by atoms with van der Waals surface area (Å²) in [6.07, 6.45) is 1.45. The first kappa shape index (κ1) is 17.0. The Balaban J connectivity index is 2.47. The van der Waals surface area contributed by atoms with Crippen LogP contribution in [0.4, 0.5) is 5.69 Å². The minimum atomic E-state index is -3.78. The van der Waals surface area contributed by atoms with Gasteiger partial charge in [0.15, 0.2) is 5.03 Å². The number of hydrogen-bond acceptors (Lipinski definition) is 4. The fourth-order valence-electron chi connectivity index (χ4n) is 2.27. The highest BCUT2D eigenvalue weighted by Gasteiger charge is 2.28. The molecule has 0 spiro atoms. The van der Waals surface area contributed by atoms with Crippen molar-refractivity contribution in [3.63, 3.8) is 0 Å². The van der Waals surface area contributed by atoms with E-state index in [0.29, 0.717) is 5.69 Å². The van der Waals surface area contributed by atoms with Crippen molar-refractivity contribution in [1.29, 1.82) is 0 Å². The molecule has 0 unspecified atom stereocenters. The summed E-state index contributed by atoms with van der Waals surface area (Å²) in [6, 6.07) is 7.11. The lowest BCUT2D eigenvalue weighted by atomic mass is 10.2. The lowest BCUT2D eigenvalue weighted by Gasteiger charge is -2.24. The molecule has 8 heteroatoms. The van der Waals surface area contributed by atoms with Crippen molar-refractivity contribution in [3.8, 4) is 0 Å². The number of aromatic carboxylic acids is 1. The Bertz CT molecular complexity index is 794. The molecule has 2 aromatic rings. The SMILES string of the molecule is CCN(c1ccc(C(=O)O)cc1)S(=O)(=O)c1ccnn1C(C)C. The van der Waals surface area contributed by atoms with Gasteiger partial charge in [0.05, 0.1) is 17.4 Å². The Morgan fingerprint density at radius 1 is 1.26 bits per heavy atom. The molecule has 0 fully saturated rings. The minimum absolute atomic E-state index is 0.0946. The van der Waals surface area contributed by atoms with Gasteiger partial charge in [-0.3, -0.25) is 4.31 Å². The van der Waals surface area contributed by atoms with Crippen molar-refractivity contribution >= 4 is 21.7 Å². The van der Waals surface area contributed by atoms with E-state index in [1.807, 2.05) is 13.8 Å². The molecule has 2 rings (SSSR count). The van der Waals surface area contributed by atoms with Gasteiger partial charge < -0.3 is 5.11 Å². The number of carbonyl (C=O) groups is 1. The molecule has 0 aliphatic carbocycles. The van der Waals surface area contributed by atoms with Crippen molar-refractivity contribution < 1.29 is 18.3 Å². The van der Waals surface area contributed by atoms with Gasteiger partial charge in [0.1, 0.15) is 0 Å². The minimum Gasteiger partial charge on any atom is -0.478 e. The lowest BCUT2D eigenvalue weighted by Crippen LogP contribution is -2.32. The van der Waals surface area contributed by atoms with Crippen molar-refractivity contribution in [2.24, 2.45) is 0 Å². The zero-order chi connectivity index (χ0) is 17.2. The molecule has 0 saturated heterocycles. The van der Waals surface area contributed by atoms with E-state index in [1.165, 1.54) is 45.5 Å². The number of anilines is 1. The predicted molar refractivity (Wildman–Crippen MR) is 86.2 cm³/mol. The van der Waals surface area contributed by atoms with Gasteiger partial charge in [-0.25, -0.2) is 9.48 Å². The molecule has 0 atom stereocenters. The highest BCUT2D eigenvalue weighted by molar-refractivity contribution is 7.92. The van der Waals surface area contributed by atoms with Crippen molar-refractivity contribution in [2.75, 3.05) is 10.8 Å². The summed E-state index contributed by atoms with van der Waals surface area (Å²) < 4.78 is 28.5. The van der Waals surface area contributed by atoms with Gasteiger partial charge in [-0.05, 0) is 51.1 Å². The third kappa shape index (κ3) is 3.21. The summed E-state index contributed by atoms with van der Waals surface area (Å²) in [6.45, 7) is 5.64. The van der Waals surface area contributed by atoms with Crippen LogP contribution in [-0.4, -0.2) is 35.8 Å². The van der Waals surface area contributed by atoms with E-state index in [9.17, 15) is 13.2 Å². The van der Waals surface area contributed by atoms with Gasteiger partial charge in [-0.1, -0.05) is 0 Å². The van der Waals surface area contributed by atoms with Gasteiger partial charge in [-0.15, -0.1) is 0 Å². The highest BCUT2D eigenvalue weighted by atomic mass is 32.2. The number of carboxylic acid groups (broad SMARTS) is 1. The maximum atomic E-state index is 12.9. The molecule has 0 radical (unpaired) electrons.